The highest BCUT2D eigenvalue weighted by molar-refractivity contribution is 6.33. The topological polar surface area (TPSA) is 106 Å². The van der Waals surface area contributed by atoms with Gasteiger partial charge in [0.25, 0.3) is 0 Å². The van der Waals surface area contributed by atoms with Crippen molar-refractivity contribution >= 4 is 40.7 Å². The van der Waals surface area contributed by atoms with Crippen LogP contribution >= 0.6 is 34.8 Å². The molecule has 8 nitrogen and oxygen atoms in total. The van der Waals surface area contributed by atoms with Crippen molar-refractivity contribution in [1.82, 2.24) is 14.9 Å². The third-order valence-electron chi connectivity index (χ3n) is 8.07. The molecule has 4 rings (SSSR count). The third kappa shape index (κ3) is 7.98. The number of phenols is 2. The molecular weight excluding hydrogens is 637 g/mol. The number of nitrogens with zero attached hydrogens (tertiary/aromatic N) is 2. The quantitative estimate of drug-likeness (QED) is 0.132. The molecule has 3 N–H and O–H groups in total. The van der Waals surface area contributed by atoms with Gasteiger partial charge < -0.3 is 29.6 Å². The van der Waals surface area contributed by atoms with Crippen LogP contribution in [0.3, 0.4) is 0 Å². The molecule has 0 saturated heterocycles. The normalized spacial score (nSPS) is 13.2. The van der Waals surface area contributed by atoms with Crippen LogP contribution in [0.4, 0.5) is 0 Å². The predicted octanol–water partition coefficient (Wildman–Crippen LogP) is 8.31. The van der Waals surface area contributed by atoms with Gasteiger partial charge in [-0.05, 0) is 73.7 Å². The smallest absolute Gasteiger partial charge is 0.220 e. The Bertz CT molecular complexity index is 1660. The van der Waals surface area contributed by atoms with Gasteiger partial charge in [0.15, 0.2) is 11.5 Å². The summed E-state index contributed by atoms with van der Waals surface area (Å²) in [6.45, 7) is 6.10. The van der Waals surface area contributed by atoms with Crippen LogP contribution in [0, 0.1) is 5.92 Å². The first-order valence-corrected chi connectivity index (χ1v) is 15.8. The summed E-state index contributed by atoms with van der Waals surface area (Å²) >= 11 is 19.1. The highest BCUT2D eigenvalue weighted by atomic mass is 35.5. The minimum atomic E-state index is -0.400. The number of carbonyl (C=O) groups excluding carboxylic acids is 1. The van der Waals surface area contributed by atoms with Gasteiger partial charge in [-0.2, -0.15) is 0 Å². The number of aromatic nitrogens is 2. The predicted molar refractivity (Wildman–Crippen MR) is 178 cm³/mol. The summed E-state index contributed by atoms with van der Waals surface area (Å²) in [5.74, 6) is 1.60. The second-order valence-corrected chi connectivity index (χ2v) is 12.4. The molecule has 0 fully saturated rings. The summed E-state index contributed by atoms with van der Waals surface area (Å²) in [7, 11) is 3.12. The Morgan fingerprint density at radius 2 is 1.58 bits per heavy atom. The van der Waals surface area contributed by atoms with Crippen LogP contribution < -0.4 is 14.8 Å². The number of benzene rings is 3. The minimum Gasteiger partial charge on any atom is -0.508 e. The molecule has 0 aliphatic rings. The number of amides is 1. The molecule has 1 amide bonds. The van der Waals surface area contributed by atoms with Gasteiger partial charge in [0.2, 0.25) is 5.91 Å². The van der Waals surface area contributed by atoms with Crippen LogP contribution in [0.2, 0.25) is 15.1 Å². The zero-order chi connectivity index (χ0) is 32.8. The van der Waals surface area contributed by atoms with Gasteiger partial charge in [-0.15, -0.1) is 0 Å². The standard InChI is InChI=1S/C34H38Cl3N3O5/c1-19(14-22-7-12-30(44-4)34(45-5)33(22)37)6-13-32(43)39-18-31-38-17-27(20(2)25-15-23(35)8-10-28(25)41)40(31)21(3)26-16-24(36)9-11-29(26)42/h7-12,15-17,19-21,41-42H,6,13-14,18H2,1-5H3,(H,39,43). The molecule has 11 heteroatoms. The Balaban J connectivity index is 1.51. The number of hydrogen-bond donors (Lipinski definition) is 3. The summed E-state index contributed by atoms with van der Waals surface area (Å²) in [5, 5.41) is 25.8. The highest BCUT2D eigenvalue weighted by Crippen LogP contribution is 2.39. The van der Waals surface area contributed by atoms with Crippen molar-refractivity contribution in [3.05, 3.63) is 98.0 Å². The van der Waals surface area contributed by atoms with Crippen molar-refractivity contribution in [2.45, 2.75) is 58.5 Å². The van der Waals surface area contributed by atoms with E-state index in [1.807, 2.05) is 30.5 Å². The van der Waals surface area contributed by atoms with Gasteiger partial charge in [-0.3, -0.25) is 4.79 Å². The molecule has 4 aromatic rings. The highest BCUT2D eigenvalue weighted by Gasteiger charge is 2.25. The summed E-state index contributed by atoms with van der Waals surface area (Å²) in [4.78, 5) is 17.7. The molecular formula is C34H38Cl3N3O5. The van der Waals surface area contributed by atoms with Crippen molar-refractivity contribution in [1.29, 1.82) is 0 Å². The molecule has 0 saturated carbocycles. The van der Waals surface area contributed by atoms with Gasteiger partial charge in [0, 0.05) is 45.4 Å². The van der Waals surface area contributed by atoms with E-state index >= 15 is 0 Å². The van der Waals surface area contributed by atoms with E-state index in [2.05, 4.69) is 17.2 Å². The van der Waals surface area contributed by atoms with E-state index in [9.17, 15) is 15.0 Å². The van der Waals surface area contributed by atoms with Crippen molar-refractivity contribution in [2.75, 3.05) is 14.2 Å². The maximum Gasteiger partial charge on any atom is 0.220 e. The summed E-state index contributed by atoms with van der Waals surface area (Å²) < 4.78 is 12.7. The number of phenolic OH excluding ortho intramolecular Hbond substituents is 2. The molecule has 1 heterocycles. The lowest BCUT2D eigenvalue weighted by atomic mass is 9.96. The zero-order valence-electron chi connectivity index (χ0n) is 25.9. The second-order valence-electron chi connectivity index (χ2n) is 11.2. The van der Waals surface area contributed by atoms with Crippen molar-refractivity contribution in [2.24, 2.45) is 5.92 Å². The first-order valence-electron chi connectivity index (χ1n) is 14.6. The van der Waals surface area contributed by atoms with E-state index in [0.29, 0.717) is 62.8 Å². The number of rotatable bonds is 13. The first kappa shape index (κ1) is 34.3. The Morgan fingerprint density at radius 1 is 0.933 bits per heavy atom. The lowest BCUT2D eigenvalue weighted by molar-refractivity contribution is -0.121. The Labute approximate surface area is 278 Å². The molecule has 0 aliphatic heterocycles. The van der Waals surface area contributed by atoms with E-state index in [0.717, 1.165) is 11.3 Å². The van der Waals surface area contributed by atoms with Crippen LogP contribution in [0.5, 0.6) is 23.0 Å². The fourth-order valence-electron chi connectivity index (χ4n) is 5.55. The molecule has 3 aromatic carbocycles. The molecule has 0 aliphatic carbocycles. The molecule has 3 unspecified atom stereocenters. The molecule has 45 heavy (non-hydrogen) atoms. The van der Waals surface area contributed by atoms with E-state index < -0.39 is 6.04 Å². The lowest BCUT2D eigenvalue weighted by Gasteiger charge is -2.24. The van der Waals surface area contributed by atoms with Gasteiger partial charge in [0.1, 0.15) is 17.3 Å². The molecule has 0 spiro atoms. The van der Waals surface area contributed by atoms with Gasteiger partial charge in [0.05, 0.1) is 31.8 Å². The van der Waals surface area contributed by atoms with E-state index in [-0.39, 0.29) is 35.8 Å². The third-order valence-corrected chi connectivity index (χ3v) is 8.95. The lowest BCUT2D eigenvalue weighted by Crippen LogP contribution is -2.26. The first-order chi connectivity index (χ1) is 21.4. The van der Waals surface area contributed by atoms with Crippen LogP contribution in [-0.4, -0.2) is 39.9 Å². The van der Waals surface area contributed by atoms with E-state index in [4.69, 9.17) is 44.3 Å². The average molecular weight is 675 g/mol. The van der Waals surface area contributed by atoms with E-state index in [1.165, 1.54) is 0 Å². The van der Waals surface area contributed by atoms with Crippen LogP contribution in [-0.2, 0) is 17.8 Å². The average Bonchev–Trinajstić information content (AvgIpc) is 3.45. The summed E-state index contributed by atoms with van der Waals surface area (Å²) in [6.07, 6.45) is 3.36. The van der Waals surface area contributed by atoms with Crippen molar-refractivity contribution in [3.8, 4) is 23.0 Å². The number of aromatic hydroxyl groups is 2. The van der Waals surface area contributed by atoms with Crippen molar-refractivity contribution < 1.29 is 24.5 Å². The fourth-order valence-corrected chi connectivity index (χ4v) is 6.22. The van der Waals surface area contributed by atoms with Crippen LogP contribution in [0.1, 0.15) is 73.8 Å². The fraction of sp³-hybridized carbons (Fsp3) is 0.353. The summed E-state index contributed by atoms with van der Waals surface area (Å²) in [6, 6.07) is 13.1. The maximum atomic E-state index is 13.0. The van der Waals surface area contributed by atoms with E-state index in [1.54, 1.807) is 56.8 Å². The number of imidazole rings is 1. The molecule has 3 atom stereocenters. The number of halogens is 3. The van der Waals surface area contributed by atoms with Crippen LogP contribution in [0.25, 0.3) is 0 Å². The van der Waals surface area contributed by atoms with Gasteiger partial charge in [-0.25, -0.2) is 4.98 Å². The zero-order valence-corrected chi connectivity index (χ0v) is 28.2. The Kier molecular flexibility index (Phi) is 11.5. The Morgan fingerprint density at radius 3 is 2.22 bits per heavy atom. The molecule has 1 aromatic heterocycles. The number of nitrogens with one attached hydrogen (secondary N) is 1. The number of carbonyl (C=O) groups is 1. The molecule has 0 bridgehead atoms. The SMILES string of the molecule is COc1ccc(CC(C)CCC(=O)NCc2ncc(C(C)c3cc(Cl)ccc3O)n2C(C)c2cc(Cl)ccc2O)c(Cl)c1OC. The molecule has 240 valence electrons. The monoisotopic (exact) mass is 673 g/mol. The van der Waals surface area contributed by atoms with Gasteiger partial charge in [-0.1, -0.05) is 54.7 Å². The van der Waals surface area contributed by atoms with Crippen molar-refractivity contribution in [3.63, 3.8) is 0 Å². The Hall–Kier alpha value is -3.59. The number of methoxy groups -OCH3 is 2. The number of ether oxygens (including phenoxy) is 2. The molecule has 0 radical (unpaired) electrons. The summed E-state index contributed by atoms with van der Waals surface area (Å²) in [5.41, 5.74) is 2.92. The second kappa shape index (κ2) is 15.1. The number of hydrogen-bond acceptors (Lipinski definition) is 6. The van der Waals surface area contributed by atoms with Crippen LogP contribution in [0.15, 0.2) is 54.7 Å². The minimum absolute atomic E-state index is 0.0864. The largest absolute Gasteiger partial charge is 0.508 e. The maximum absolute atomic E-state index is 13.0. The van der Waals surface area contributed by atoms with Gasteiger partial charge >= 0.3 is 0 Å².